The minimum atomic E-state index is -0.771. The fourth-order valence-corrected chi connectivity index (χ4v) is 4.72. The van der Waals surface area contributed by atoms with E-state index in [4.69, 9.17) is 14.2 Å². The van der Waals surface area contributed by atoms with Gasteiger partial charge >= 0.3 is 17.9 Å². The number of rotatable bonds is 24. The van der Waals surface area contributed by atoms with Crippen molar-refractivity contribution in [2.75, 3.05) is 13.2 Å². The van der Waals surface area contributed by atoms with Crippen molar-refractivity contribution < 1.29 is 28.6 Å². The van der Waals surface area contributed by atoms with Gasteiger partial charge in [0.1, 0.15) is 13.2 Å². The first kappa shape index (κ1) is 36.4. The molecule has 2 unspecified atom stereocenters. The normalized spacial score (nSPS) is 13.1. The van der Waals surface area contributed by atoms with Crippen LogP contribution in [0.2, 0.25) is 0 Å². The summed E-state index contributed by atoms with van der Waals surface area (Å²) in [5, 5.41) is 0. The lowest BCUT2D eigenvalue weighted by atomic mass is 9.84. The molecular weight excluding hydrogens is 480 g/mol. The zero-order valence-corrected chi connectivity index (χ0v) is 25.7. The summed E-state index contributed by atoms with van der Waals surface area (Å²) in [5.41, 5.74) is 0.136. The molecule has 0 fully saturated rings. The maximum absolute atomic E-state index is 12.4. The number of unbranched alkanes of at least 4 members (excludes halogenated alkanes) is 12. The van der Waals surface area contributed by atoms with E-state index in [0.29, 0.717) is 19.3 Å². The van der Waals surface area contributed by atoms with Crippen molar-refractivity contribution in [2.24, 2.45) is 11.3 Å². The molecule has 0 aliphatic heterocycles. The summed E-state index contributed by atoms with van der Waals surface area (Å²) in [6, 6.07) is 0. The molecule has 0 rings (SSSR count). The summed E-state index contributed by atoms with van der Waals surface area (Å²) in [4.78, 5) is 37.0. The largest absolute Gasteiger partial charge is 0.462 e. The van der Waals surface area contributed by atoms with Crippen LogP contribution in [-0.2, 0) is 28.6 Å². The molecule has 0 spiro atoms. The second kappa shape index (κ2) is 23.3. The van der Waals surface area contributed by atoms with Crippen molar-refractivity contribution in [2.45, 2.75) is 163 Å². The molecule has 0 aromatic heterocycles. The molecule has 0 N–H and O–H groups in total. The number of hydrogen-bond acceptors (Lipinski definition) is 6. The lowest BCUT2D eigenvalue weighted by molar-refractivity contribution is -0.167. The van der Waals surface area contributed by atoms with E-state index in [1.165, 1.54) is 51.4 Å². The third-order valence-electron chi connectivity index (χ3n) is 6.60. The summed E-state index contributed by atoms with van der Waals surface area (Å²) in [7, 11) is 0. The number of carbonyl (C=O) groups is 3. The Bertz CT molecular complexity index is 610. The highest BCUT2D eigenvalue weighted by Crippen LogP contribution is 2.26. The molecule has 0 saturated heterocycles. The number of carbonyl (C=O) groups excluding carboxylic acids is 3. The van der Waals surface area contributed by atoms with Gasteiger partial charge in [0.2, 0.25) is 0 Å². The highest BCUT2D eigenvalue weighted by Gasteiger charge is 2.22. The molecule has 0 aromatic rings. The first-order valence-electron chi connectivity index (χ1n) is 15.6. The number of ether oxygens (including phenoxy) is 3. The third kappa shape index (κ3) is 24.7. The predicted molar refractivity (Wildman–Crippen MR) is 155 cm³/mol. The van der Waals surface area contributed by atoms with E-state index < -0.39 is 6.10 Å². The second-order valence-electron chi connectivity index (χ2n) is 12.3. The van der Waals surface area contributed by atoms with E-state index in [-0.39, 0.29) is 42.5 Å². The molecule has 2 atom stereocenters. The van der Waals surface area contributed by atoms with Gasteiger partial charge < -0.3 is 14.2 Å². The second-order valence-corrected chi connectivity index (χ2v) is 12.3. The zero-order valence-electron chi connectivity index (χ0n) is 25.7. The summed E-state index contributed by atoms with van der Waals surface area (Å²) in [6.07, 6.45) is 16.9. The van der Waals surface area contributed by atoms with E-state index in [0.717, 1.165) is 44.9 Å². The van der Waals surface area contributed by atoms with Crippen molar-refractivity contribution in [1.82, 2.24) is 0 Å². The quantitative estimate of drug-likeness (QED) is 0.0692. The Morgan fingerprint density at radius 3 is 1.50 bits per heavy atom. The minimum Gasteiger partial charge on any atom is -0.462 e. The fourth-order valence-electron chi connectivity index (χ4n) is 4.72. The highest BCUT2D eigenvalue weighted by atomic mass is 16.6. The van der Waals surface area contributed by atoms with E-state index in [9.17, 15) is 14.4 Å². The Kier molecular flexibility index (Phi) is 22.3. The molecule has 0 saturated carbocycles. The average molecular weight is 541 g/mol. The lowest BCUT2D eigenvalue weighted by Crippen LogP contribution is -2.31. The van der Waals surface area contributed by atoms with Crippen LogP contribution >= 0.6 is 0 Å². The van der Waals surface area contributed by atoms with Gasteiger partial charge in [0.05, 0.1) is 0 Å². The van der Waals surface area contributed by atoms with Crippen LogP contribution in [0.4, 0.5) is 0 Å². The molecule has 0 heterocycles. The van der Waals surface area contributed by atoms with Crippen LogP contribution in [0.25, 0.3) is 0 Å². The molecule has 0 aliphatic carbocycles. The zero-order chi connectivity index (χ0) is 28.7. The Hall–Kier alpha value is -1.59. The third-order valence-corrected chi connectivity index (χ3v) is 6.60. The van der Waals surface area contributed by atoms with Gasteiger partial charge in [0.15, 0.2) is 6.10 Å². The van der Waals surface area contributed by atoms with Gasteiger partial charge in [-0.25, -0.2) is 0 Å². The summed E-state index contributed by atoms with van der Waals surface area (Å²) < 4.78 is 16.4. The Morgan fingerprint density at radius 1 is 0.605 bits per heavy atom. The van der Waals surface area contributed by atoms with Crippen LogP contribution in [0.1, 0.15) is 157 Å². The van der Waals surface area contributed by atoms with Crippen molar-refractivity contribution in [3.8, 4) is 0 Å². The molecule has 224 valence electrons. The predicted octanol–water partition coefficient (Wildman–Crippen LogP) is 8.73. The molecule has 0 aromatic carbocycles. The van der Waals surface area contributed by atoms with Gasteiger partial charge in [-0.1, -0.05) is 119 Å². The van der Waals surface area contributed by atoms with E-state index in [1.54, 1.807) is 0 Å². The van der Waals surface area contributed by atoms with Crippen LogP contribution in [0, 0.1) is 11.3 Å². The Balaban J connectivity index is 4.53. The minimum absolute atomic E-state index is 0.0804. The first-order valence-corrected chi connectivity index (χ1v) is 15.6. The first-order chi connectivity index (χ1) is 18.1. The van der Waals surface area contributed by atoms with Crippen LogP contribution in [-0.4, -0.2) is 37.2 Å². The summed E-state index contributed by atoms with van der Waals surface area (Å²) in [5.74, 6) is -0.745. The molecule has 0 aliphatic rings. The standard InChI is InChI=1S/C32H60O6/c1-7-9-11-13-15-17-19-21-29(33)36-25-28(26-37-31(35)23-27(3)24-32(4,5)6)38-30(34)22-20-18-16-14-12-10-8-2/h27-28H,7-26H2,1-6H3. The average Bonchev–Trinajstić information content (AvgIpc) is 2.83. The van der Waals surface area contributed by atoms with E-state index in [2.05, 4.69) is 34.6 Å². The molecule has 6 nitrogen and oxygen atoms in total. The summed E-state index contributed by atoms with van der Waals surface area (Å²) in [6.45, 7) is 12.7. The van der Waals surface area contributed by atoms with Gasteiger partial charge in [0.25, 0.3) is 0 Å². The smallest absolute Gasteiger partial charge is 0.306 e. The summed E-state index contributed by atoms with van der Waals surface area (Å²) >= 11 is 0. The van der Waals surface area contributed by atoms with Crippen LogP contribution in [0.5, 0.6) is 0 Å². The van der Waals surface area contributed by atoms with Crippen molar-refractivity contribution in [3.05, 3.63) is 0 Å². The van der Waals surface area contributed by atoms with Gasteiger partial charge in [-0.05, 0) is 30.6 Å². The van der Waals surface area contributed by atoms with Gasteiger partial charge in [-0.3, -0.25) is 14.4 Å². The van der Waals surface area contributed by atoms with Gasteiger partial charge in [-0.15, -0.1) is 0 Å². The van der Waals surface area contributed by atoms with Crippen LogP contribution < -0.4 is 0 Å². The van der Waals surface area contributed by atoms with Crippen LogP contribution in [0.3, 0.4) is 0 Å². The number of esters is 3. The molecule has 0 amide bonds. The maximum Gasteiger partial charge on any atom is 0.306 e. The van der Waals surface area contributed by atoms with Crippen molar-refractivity contribution in [3.63, 3.8) is 0 Å². The monoisotopic (exact) mass is 540 g/mol. The Labute approximate surface area is 234 Å². The lowest BCUT2D eigenvalue weighted by Gasteiger charge is -2.23. The topological polar surface area (TPSA) is 78.9 Å². The van der Waals surface area contributed by atoms with Gasteiger partial charge in [0, 0.05) is 19.3 Å². The molecule has 0 bridgehead atoms. The Morgan fingerprint density at radius 2 is 1.03 bits per heavy atom. The molecule has 38 heavy (non-hydrogen) atoms. The maximum atomic E-state index is 12.4. The van der Waals surface area contributed by atoms with Gasteiger partial charge in [-0.2, -0.15) is 0 Å². The molecular formula is C32H60O6. The van der Waals surface area contributed by atoms with E-state index in [1.807, 2.05) is 6.92 Å². The fraction of sp³-hybridized carbons (Fsp3) is 0.906. The molecule has 6 heteroatoms. The number of hydrogen-bond donors (Lipinski definition) is 0. The van der Waals surface area contributed by atoms with Crippen molar-refractivity contribution >= 4 is 17.9 Å². The van der Waals surface area contributed by atoms with E-state index >= 15 is 0 Å². The van der Waals surface area contributed by atoms with Crippen LogP contribution in [0.15, 0.2) is 0 Å². The van der Waals surface area contributed by atoms with Crippen molar-refractivity contribution in [1.29, 1.82) is 0 Å². The molecule has 0 radical (unpaired) electrons. The SMILES string of the molecule is CCCCCCCCCC(=O)OCC(COC(=O)CC(C)CC(C)(C)C)OC(=O)CCCCCCCCC. The highest BCUT2D eigenvalue weighted by molar-refractivity contribution is 5.71.